The van der Waals surface area contributed by atoms with Gasteiger partial charge in [-0.25, -0.2) is 9.18 Å². The Kier molecular flexibility index (Phi) is 3.87. The zero-order valence-corrected chi connectivity index (χ0v) is 12.1. The van der Waals surface area contributed by atoms with Gasteiger partial charge in [-0.05, 0) is 36.2 Å². The van der Waals surface area contributed by atoms with Gasteiger partial charge in [0.2, 0.25) is 0 Å². The molecular weight excluding hydrogens is 283 g/mol. The number of ether oxygens (including phenoxy) is 1. The van der Waals surface area contributed by atoms with Gasteiger partial charge in [-0.2, -0.15) is 5.10 Å². The first-order chi connectivity index (χ1) is 10.7. The molecular formula is C17H15FN2O2. The third-order valence-corrected chi connectivity index (χ3v) is 3.52. The number of fused-ring (bicyclic) bond motifs is 1. The van der Waals surface area contributed by atoms with Crippen molar-refractivity contribution >= 4 is 16.9 Å². The molecule has 112 valence electrons. The van der Waals surface area contributed by atoms with Crippen LogP contribution < -0.4 is 0 Å². The van der Waals surface area contributed by atoms with E-state index in [-0.39, 0.29) is 11.8 Å². The van der Waals surface area contributed by atoms with Gasteiger partial charge in [0.05, 0.1) is 18.2 Å². The van der Waals surface area contributed by atoms with Crippen molar-refractivity contribution in [1.82, 2.24) is 9.78 Å². The number of nitrogens with zero attached hydrogens (tertiary/aromatic N) is 2. The monoisotopic (exact) mass is 298 g/mol. The third kappa shape index (κ3) is 2.98. The predicted molar refractivity (Wildman–Crippen MR) is 81.2 cm³/mol. The zero-order chi connectivity index (χ0) is 15.5. The highest BCUT2D eigenvalue weighted by atomic mass is 19.1. The summed E-state index contributed by atoms with van der Waals surface area (Å²) in [5.41, 5.74) is 2.29. The number of carbonyl (C=O) groups excluding carboxylic acids is 1. The van der Waals surface area contributed by atoms with E-state index in [9.17, 15) is 9.18 Å². The Morgan fingerprint density at radius 1 is 1.23 bits per heavy atom. The number of halogens is 1. The lowest BCUT2D eigenvalue weighted by Crippen LogP contribution is -2.02. The van der Waals surface area contributed by atoms with Crippen molar-refractivity contribution in [2.24, 2.45) is 0 Å². The van der Waals surface area contributed by atoms with Gasteiger partial charge in [0, 0.05) is 18.1 Å². The minimum Gasteiger partial charge on any atom is -0.465 e. The minimum atomic E-state index is -0.372. The average Bonchev–Trinajstić information content (AvgIpc) is 2.95. The normalized spacial score (nSPS) is 10.8. The average molecular weight is 298 g/mol. The lowest BCUT2D eigenvalue weighted by molar-refractivity contribution is 0.0601. The second kappa shape index (κ2) is 5.97. The van der Waals surface area contributed by atoms with Crippen molar-refractivity contribution in [2.75, 3.05) is 7.11 Å². The number of methoxy groups -OCH3 is 1. The Morgan fingerprint density at radius 3 is 2.73 bits per heavy atom. The Bertz CT molecular complexity index is 809. The second-order valence-electron chi connectivity index (χ2n) is 5.03. The Balaban J connectivity index is 1.77. The van der Waals surface area contributed by atoms with E-state index in [4.69, 9.17) is 4.74 Å². The van der Waals surface area contributed by atoms with E-state index in [0.717, 1.165) is 22.9 Å². The molecule has 0 saturated carbocycles. The first-order valence-corrected chi connectivity index (χ1v) is 6.96. The molecule has 0 aliphatic rings. The molecule has 0 aliphatic carbocycles. The van der Waals surface area contributed by atoms with Gasteiger partial charge in [0.1, 0.15) is 5.82 Å². The first kappa shape index (κ1) is 14.3. The molecule has 0 radical (unpaired) electrons. The number of esters is 1. The van der Waals surface area contributed by atoms with Gasteiger partial charge in [-0.15, -0.1) is 0 Å². The van der Waals surface area contributed by atoms with Crippen LogP contribution in [0.5, 0.6) is 0 Å². The van der Waals surface area contributed by atoms with Gasteiger partial charge >= 0.3 is 5.97 Å². The molecule has 0 unspecified atom stereocenters. The summed E-state index contributed by atoms with van der Waals surface area (Å²) in [5.74, 6) is -0.605. The summed E-state index contributed by atoms with van der Waals surface area (Å²) in [6.07, 6.45) is 2.69. The molecule has 3 rings (SSSR count). The summed E-state index contributed by atoms with van der Waals surface area (Å²) < 4.78 is 19.4. The molecule has 0 saturated heterocycles. The number of rotatable bonds is 4. The molecule has 0 bridgehead atoms. The molecule has 2 aromatic carbocycles. The molecule has 0 amide bonds. The number of aromatic nitrogens is 2. The van der Waals surface area contributed by atoms with E-state index in [2.05, 4.69) is 5.10 Å². The number of aryl methyl sites for hydroxylation is 2. The lowest BCUT2D eigenvalue weighted by atomic mass is 10.1. The van der Waals surface area contributed by atoms with Gasteiger partial charge in [0.15, 0.2) is 0 Å². The number of hydrogen-bond acceptors (Lipinski definition) is 3. The van der Waals surface area contributed by atoms with Crippen LogP contribution in [0.15, 0.2) is 48.7 Å². The maximum absolute atomic E-state index is 12.9. The lowest BCUT2D eigenvalue weighted by Gasteiger charge is -2.01. The van der Waals surface area contributed by atoms with Gasteiger partial charge in [0.25, 0.3) is 0 Å². The SMILES string of the molecule is COC(=O)c1ccc2cn(CCc3ccc(F)cc3)nc2c1. The van der Waals surface area contributed by atoms with Crippen molar-refractivity contribution in [2.45, 2.75) is 13.0 Å². The second-order valence-corrected chi connectivity index (χ2v) is 5.03. The van der Waals surface area contributed by atoms with Crippen molar-refractivity contribution < 1.29 is 13.9 Å². The molecule has 1 heterocycles. The van der Waals surface area contributed by atoms with Crippen LogP contribution in [0.2, 0.25) is 0 Å². The van der Waals surface area contributed by atoms with Crippen molar-refractivity contribution in [3.63, 3.8) is 0 Å². The molecule has 5 heteroatoms. The molecule has 22 heavy (non-hydrogen) atoms. The highest BCUT2D eigenvalue weighted by Crippen LogP contribution is 2.15. The summed E-state index contributed by atoms with van der Waals surface area (Å²) in [5, 5.41) is 5.42. The van der Waals surface area contributed by atoms with E-state index < -0.39 is 0 Å². The first-order valence-electron chi connectivity index (χ1n) is 6.96. The van der Waals surface area contributed by atoms with Gasteiger partial charge < -0.3 is 4.74 Å². The summed E-state index contributed by atoms with van der Waals surface area (Å²) >= 11 is 0. The summed E-state index contributed by atoms with van der Waals surface area (Å²) in [4.78, 5) is 11.5. The fourth-order valence-electron chi connectivity index (χ4n) is 2.32. The van der Waals surface area contributed by atoms with E-state index >= 15 is 0 Å². The fourth-order valence-corrected chi connectivity index (χ4v) is 2.32. The molecule has 1 aromatic heterocycles. The molecule has 4 nitrogen and oxygen atoms in total. The highest BCUT2D eigenvalue weighted by Gasteiger charge is 2.08. The van der Waals surface area contributed by atoms with Crippen LogP contribution >= 0.6 is 0 Å². The van der Waals surface area contributed by atoms with Crippen molar-refractivity contribution in [3.05, 3.63) is 65.6 Å². The van der Waals surface area contributed by atoms with E-state index in [1.807, 2.05) is 16.9 Å². The maximum atomic E-state index is 12.9. The largest absolute Gasteiger partial charge is 0.465 e. The zero-order valence-electron chi connectivity index (χ0n) is 12.1. The third-order valence-electron chi connectivity index (χ3n) is 3.52. The molecule has 0 spiro atoms. The van der Waals surface area contributed by atoms with Crippen LogP contribution in [0.3, 0.4) is 0 Å². The standard InChI is InChI=1S/C17H15FN2O2/c1-22-17(21)13-4-5-14-11-20(19-16(14)10-13)9-8-12-2-6-15(18)7-3-12/h2-7,10-11H,8-9H2,1H3. The minimum absolute atomic E-state index is 0.232. The topological polar surface area (TPSA) is 44.1 Å². The molecule has 0 fully saturated rings. The molecule has 0 N–H and O–H groups in total. The summed E-state index contributed by atoms with van der Waals surface area (Å²) in [6.45, 7) is 0.688. The van der Waals surface area contributed by atoms with Crippen LogP contribution in [0.4, 0.5) is 4.39 Å². The van der Waals surface area contributed by atoms with Gasteiger partial charge in [-0.1, -0.05) is 18.2 Å². The van der Waals surface area contributed by atoms with Gasteiger partial charge in [-0.3, -0.25) is 4.68 Å². The van der Waals surface area contributed by atoms with Crippen molar-refractivity contribution in [3.8, 4) is 0 Å². The van der Waals surface area contributed by atoms with E-state index in [0.29, 0.717) is 12.1 Å². The highest BCUT2D eigenvalue weighted by molar-refractivity contribution is 5.94. The van der Waals surface area contributed by atoms with Crippen LogP contribution in [0.25, 0.3) is 10.9 Å². The number of carbonyl (C=O) groups is 1. The Labute approximate surface area is 127 Å². The molecule has 0 aliphatic heterocycles. The Hall–Kier alpha value is -2.69. The molecule has 0 atom stereocenters. The summed E-state index contributed by atoms with van der Waals surface area (Å²) in [6, 6.07) is 11.7. The number of benzene rings is 2. The van der Waals surface area contributed by atoms with Crippen LogP contribution in [0, 0.1) is 5.82 Å². The Morgan fingerprint density at radius 2 is 2.00 bits per heavy atom. The van der Waals surface area contributed by atoms with Crippen LogP contribution in [-0.2, 0) is 17.7 Å². The molecule has 3 aromatic rings. The summed E-state index contributed by atoms with van der Waals surface area (Å²) in [7, 11) is 1.35. The van der Waals surface area contributed by atoms with E-state index in [1.54, 1.807) is 24.3 Å². The number of hydrogen-bond donors (Lipinski definition) is 0. The van der Waals surface area contributed by atoms with Crippen LogP contribution in [-0.4, -0.2) is 22.9 Å². The quantitative estimate of drug-likeness (QED) is 0.695. The smallest absolute Gasteiger partial charge is 0.337 e. The van der Waals surface area contributed by atoms with E-state index in [1.165, 1.54) is 19.2 Å². The fraction of sp³-hybridized carbons (Fsp3) is 0.176. The maximum Gasteiger partial charge on any atom is 0.337 e. The van der Waals surface area contributed by atoms with Crippen molar-refractivity contribution in [1.29, 1.82) is 0 Å². The predicted octanol–water partition coefficient (Wildman–Crippen LogP) is 3.20. The van der Waals surface area contributed by atoms with Crippen LogP contribution in [0.1, 0.15) is 15.9 Å².